The van der Waals surface area contributed by atoms with Crippen molar-refractivity contribution in [3.05, 3.63) is 0 Å². The van der Waals surface area contributed by atoms with Gasteiger partial charge in [-0.25, -0.2) is 4.79 Å². The fraction of sp³-hybridized carbons (Fsp3) is 0.857. The summed E-state index contributed by atoms with van der Waals surface area (Å²) < 4.78 is 10.0. The Morgan fingerprint density at radius 1 is 1.27 bits per heavy atom. The van der Waals surface area contributed by atoms with Crippen LogP contribution in [0, 0.1) is 0 Å². The largest absolute Gasteiger partial charge is 0.463 e. The Hall–Kier alpha value is -0.990. The first-order valence-corrected chi connectivity index (χ1v) is 8.78. The van der Waals surface area contributed by atoms with Crippen molar-refractivity contribution in [3.8, 4) is 0 Å². The predicted molar refractivity (Wildman–Crippen MR) is 82.8 cm³/mol. The molecule has 2 saturated heterocycles. The lowest BCUT2D eigenvalue weighted by Gasteiger charge is -2.16. The molecular weight excluding hydrogens is 308 g/mol. The molecule has 0 spiro atoms. The highest BCUT2D eigenvalue weighted by molar-refractivity contribution is 8.00. The van der Waals surface area contributed by atoms with Crippen molar-refractivity contribution < 1.29 is 24.2 Å². The summed E-state index contributed by atoms with van der Waals surface area (Å²) in [6.07, 6.45) is 3.16. The molecule has 0 saturated carbocycles. The lowest BCUT2D eigenvalue weighted by molar-refractivity contribution is -0.145. The average molecular weight is 332 g/mol. The van der Waals surface area contributed by atoms with E-state index in [4.69, 9.17) is 14.6 Å². The topological polar surface area (TPSA) is 96.9 Å². The number of nitrogens with one attached hydrogen (secondary N) is 2. The summed E-state index contributed by atoms with van der Waals surface area (Å²) in [7, 11) is 0. The van der Waals surface area contributed by atoms with Crippen LogP contribution in [0.15, 0.2) is 0 Å². The molecule has 2 fully saturated rings. The molecule has 0 aliphatic carbocycles. The number of aliphatic hydroxyl groups is 1. The van der Waals surface area contributed by atoms with Crippen LogP contribution >= 0.6 is 11.8 Å². The van der Waals surface area contributed by atoms with Crippen LogP contribution in [0.3, 0.4) is 0 Å². The van der Waals surface area contributed by atoms with E-state index in [2.05, 4.69) is 10.6 Å². The number of ether oxygens (including phenoxy) is 2. The van der Waals surface area contributed by atoms with Crippen LogP contribution in [0.4, 0.5) is 4.79 Å². The third kappa shape index (κ3) is 5.33. The maximum atomic E-state index is 11.5. The van der Waals surface area contributed by atoms with Gasteiger partial charge in [0.05, 0.1) is 31.9 Å². The molecule has 3 N–H and O–H groups in total. The fourth-order valence-electron chi connectivity index (χ4n) is 2.71. The Bertz CT molecular complexity index is 382. The lowest BCUT2D eigenvalue weighted by atomic mass is 10.0. The highest BCUT2D eigenvalue weighted by atomic mass is 32.2. The van der Waals surface area contributed by atoms with Crippen molar-refractivity contribution in [1.29, 1.82) is 0 Å². The van der Waals surface area contributed by atoms with E-state index in [-0.39, 0.29) is 43.9 Å². The normalized spacial score (nSPS) is 26.4. The van der Waals surface area contributed by atoms with Crippen LogP contribution in [0.1, 0.15) is 25.7 Å². The number of thioether (sulfide) groups is 1. The highest BCUT2D eigenvalue weighted by Crippen LogP contribution is 2.33. The molecule has 2 rings (SSSR count). The quantitative estimate of drug-likeness (QED) is 0.302. The van der Waals surface area contributed by atoms with E-state index in [1.165, 1.54) is 0 Å². The minimum absolute atomic E-state index is 0.0229. The fourth-order valence-corrected chi connectivity index (χ4v) is 4.25. The number of carbonyl (C=O) groups excluding carboxylic acids is 2. The second-order valence-electron chi connectivity index (χ2n) is 5.42. The maximum absolute atomic E-state index is 11.5. The minimum atomic E-state index is -0.208. The van der Waals surface area contributed by atoms with Crippen LogP contribution < -0.4 is 10.6 Å². The molecule has 0 aromatic heterocycles. The molecule has 0 aromatic rings. The molecule has 0 bridgehead atoms. The van der Waals surface area contributed by atoms with Crippen molar-refractivity contribution in [2.24, 2.45) is 0 Å². The molecule has 8 heteroatoms. The standard InChI is InChI=1S/C14H24N2O5S/c17-5-6-20-7-8-21-12(18)4-2-1-3-11-13-10(9-22-11)15-14(19)16-13/h10-11,13,17H,1-9H2,(H2,15,16,19)/t10-,11-,13-/m0/s1. The molecule has 2 amide bonds. The number of rotatable bonds is 10. The molecule has 0 unspecified atom stereocenters. The second kappa shape index (κ2) is 9.22. The van der Waals surface area contributed by atoms with E-state index < -0.39 is 0 Å². The number of urea groups is 1. The number of hydrogen-bond acceptors (Lipinski definition) is 6. The van der Waals surface area contributed by atoms with E-state index in [1.54, 1.807) is 0 Å². The molecule has 3 atom stereocenters. The van der Waals surface area contributed by atoms with Gasteiger partial charge in [-0.2, -0.15) is 11.8 Å². The average Bonchev–Trinajstić information content (AvgIpc) is 3.03. The van der Waals surface area contributed by atoms with Crippen LogP contribution in [-0.2, 0) is 14.3 Å². The Labute approximate surface area is 134 Å². The smallest absolute Gasteiger partial charge is 0.315 e. The maximum Gasteiger partial charge on any atom is 0.315 e. The Balaban J connectivity index is 1.49. The summed E-state index contributed by atoms with van der Waals surface area (Å²) in [5.41, 5.74) is 0. The first kappa shape index (κ1) is 17.4. The Kier molecular flexibility index (Phi) is 7.28. The molecule has 0 aromatic carbocycles. The summed E-state index contributed by atoms with van der Waals surface area (Å²) in [5, 5.41) is 14.8. The van der Waals surface area contributed by atoms with Gasteiger partial charge < -0.3 is 25.2 Å². The van der Waals surface area contributed by atoms with Gasteiger partial charge in [-0.05, 0) is 12.8 Å². The molecule has 126 valence electrons. The van der Waals surface area contributed by atoms with Gasteiger partial charge in [-0.1, -0.05) is 6.42 Å². The third-order valence-electron chi connectivity index (χ3n) is 3.78. The lowest BCUT2D eigenvalue weighted by Crippen LogP contribution is -2.36. The number of hydrogen-bond donors (Lipinski definition) is 3. The van der Waals surface area contributed by atoms with Crippen molar-refractivity contribution in [1.82, 2.24) is 10.6 Å². The summed E-state index contributed by atoms with van der Waals surface area (Å²) >= 11 is 1.89. The number of fused-ring (bicyclic) bond motifs is 1. The number of amides is 2. The van der Waals surface area contributed by atoms with E-state index in [0.717, 1.165) is 25.0 Å². The zero-order chi connectivity index (χ0) is 15.8. The summed E-state index contributed by atoms with van der Waals surface area (Å²) in [5.74, 6) is 0.754. The van der Waals surface area contributed by atoms with Crippen LogP contribution in [0.2, 0.25) is 0 Å². The molecule has 2 aliphatic heterocycles. The van der Waals surface area contributed by atoms with E-state index in [9.17, 15) is 9.59 Å². The first-order chi connectivity index (χ1) is 10.7. The van der Waals surface area contributed by atoms with Gasteiger partial charge in [-0.3, -0.25) is 4.79 Å². The van der Waals surface area contributed by atoms with Crippen molar-refractivity contribution >= 4 is 23.8 Å². The molecule has 2 heterocycles. The van der Waals surface area contributed by atoms with Crippen LogP contribution in [0.5, 0.6) is 0 Å². The van der Waals surface area contributed by atoms with Gasteiger partial charge in [0, 0.05) is 17.4 Å². The summed E-state index contributed by atoms with van der Waals surface area (Å²) in [6, 6.07) is 0.423. The van der Waals surface area contributed by atoms with E-state index in [1.807, 2.05) is 11.8 Å². The van der Waals surface area contributed by atoms with Crippen LogP contribution in [-0.4, -0.2) is 66.6 Å². The molecule has 2 aliphatic rings. The van der Waals surface area contributed by atoms with Crippen molar-refractivity contribution in [2.45, 2.75) is 43.0 Å². The monoisotopic (exact) mass is 332 g/mol. The molecule has 0 radical (unpaired) electrons. The minimum Gasteiger partial charge on any atom is -0.463 e. The third-order valence-corrected chi connectivity index (χ3v) is 5.29. The van der Waals surface area contributed by atoms with Crippen molar-refractivity contribution in [3.63, 3.8) is 0 Å². The molecule has 7 nitrogen and oxygen atoms in total. The van der Waals surface area contributed by atoms with Gasteiger partial charge >= 0.3 is 12.0 Å². The Morgan fingerprint density at radius 2 is 2.14 bits per heavy atom. The predicted octanol–water partition coefficient (Wildman–Crippen LogP) is 0.264. The van der Waals surface area contributed by atoms with Crippen LogP contribution in [0.25, 0.3) is 0 Å². The van der Waals surface area contributed by atoms with Crippen molar-refractivity contribution in [2.75, 3.05) is 32.2 Å². The van der Waals surface area contributed by atoms with Gasteiger partial charge in [0.15, 0.2) is 0 Å². The number of carbonyl (C=O) groups is 2. The van der Waals surface area contributed by atoms with E-state index in [0.29, 0.717) is 18.3 Å². The van der Waals surface area contributed by atoms with Gasteiger partial charge in [0.1, 0.15) is 6.61 Å². The number of unbranched alkanes of at least 4 members (excludes halogenated alkanes) is 1. The number of esters is 1. The SMILES string of the molecule is O=C1N[C@H]2[C@H](CS[C@H]2CCCCC(=O)OCCOCCO)N1. The molecule has 22 heavy (non-hydrogen) atoms. The zero-order valence-electron chi connectivity index (χ0n) is 12.6. The Morgan fingerprint density at radius 3 is 2.95 bits per heavy atom. The number of aliphatic hydroxyl groups excluding tert-OH is 1. The highest BCUT2D eigenvalue weighted by Gasteiger charge is 2.42. The van der Waals surface area contributed by atoms with Gasteiger partial charge in [0.2, 0.25) is 0 Å². The van der Waals surface area contributed by atoms with E-state index >= 15 is 0 Å². The van der Waals surface area contributed by atoms with Gasteiger partial charge in [0.25, 0.3) is 0 Å². The first-order valence-electron chi connectivity index (χ1n) is 7.73. The molecular formula is C14H24N2O5S. The summed E-state index contributed by atoms with van der Waals surface area (Å²) in [4.78, 5) is 22.8. The summed E-state index contributed by atoms with van der Waals surface area (Å²) in [6.45, 7) is 0.800. The zero-order valence-corrected chi connectivity index (χ0v) is 13.4. The van der Waals surface area contributed by atoms with Gasteiger partial charge in [-0.15, -0.1) is 0 Å². The second-order valence-corrected chi connectivity index (χ2v) is 6.70.